The van der Waals surface area contributed by atoms with E-state index in [0.29, 0.717) is 17.7 Å². The van der Waals surface area contributed by atoms with E-state index in [9.17, 15) is 9.90 Å². The first-order valence-corrected chi connectivity index (χ1v) is 7.00. The van der Waals surface area contributed by atoms with E-state index in [1.165, 1.54) is 0 Å². The van der Waals surface area contributed by atoms with Crippen molar-refractivity contribution in [1.82, 2.24) is 4.90 Å². The molecule has 0 saturated heterocycles. The molecule has 2 rings (SSSR count). The van der Waals surface area contributed by atoms with Crippen molar-refractivity contribution < 1.29 is 14.6 Å². The molecule has 1 aliphatic rings. The summed E-state index contributed by atoms with van der Waals surface area (Å²) in [6.45, 7) is 1.17. The number of likely N-dealkylation sites (N-methyl/N-ethyl adjacent to an activating group) is 1. The minimum Gasteiger partial charge on any atom is -0.362 e. The second-order valence-corrected chi connectivity index (χ2v) is 5.39. The number of hydrogen-bond donors (Lipinski definition) is 1. The highest BCUT2D eigenvalue weighted by Gasteiger charge is 2.27. The summed E-state index contributed by atoms with van der Waals surface area (Å²) >= 11 is 0. The van der Waals surface area contributed by atoms with Crippen molar-refractivity contribution in [2.75, 3.05) is 27.2 Å². The van der Waals surface area contributed by atoms with Crippen LogP contribution in [0, 0.1) is 0 Å². The highest BCUT2D eigenvalue weighted by atomic mass is 16.6. The minimum atomic E-state index is -1.31. The molecule has 1 atom stereocenters. The van der Waals surface area contributed by atoms with Gasteiger partial charge in [0.05, 0.1) is 6.61 Å². The zero-order chi connectivity index (χ0) is 15.3. The first-order valence-electron chi connectivity index (χ1n) is 7.00. The fraction of sp³-hybridized carbons (Fsp3) is 0.353. The van der Waals surface area contributed by atoms with Crippen molar-refractivity contribution >= 4 is 5.78 Å². The van der Waals surface area contributed by atoms with E-state index in [4.69, 9.17) is 4.74 Å². The van der Waals surface area contributed by atoms with Gasteiger partial charge in [-0.25, -0.2) is 0 Å². The quantitative estimate of drug-likeness (QED) is 0.642. The van der Waals surface area contributed by atoms with Gasteiger partial charge in [-0.3, -0.25) is 4.79 Å². The van der Waals surface area contributed by atoms with Gasteiger partial charge in [-0.15, -0.1) is 0 Å². The average molecular weight is 287 g/mol. The van der Waals surface area contributed by atoms with E-state index < -0.39 is 5.79 Å². The third-order valence-corrected chi connectivity index (χ3v) is 3.33. The molecule has 1 unspecified atom stereocenters. The molecule has 112 valence electrons. The third-order valence-electron chi connectivity index (χ3n) is 3.33. The number of rotatable bonds is 6. The van der Waals surface area contributed by atoms with Crippen molar-refractivity contribution in [2.45, 2.75) is 12.2 Å². The lowest BCUT2D eigenvalue weighted by Gasteiger charge is -2.27. The highest BCUT2D eigenvalue weighted by Crippen LogP contribution is 2.24. The van der Waals surface area contributed by atoms with Gasteiger partial charge in [0.1, 0.15) is 0 Å². The number of hydrogen-bond acceptors (Lipinski definition) is 4. The van der Waals surface area contributed by atoms with Crippen LogP contribution in [0.1, 0.15) is 16.8 Å². The zero-order valence-electron chi connectivity index (χ0n) is 12.5. The fourth-order valence-corrected chi connectivity index (χ4v) is 2.05. The Morgan fingerprint density at radius 1 is 1.33 bits per heavy atom. The Bertz CT molecular complexity index is 548. The molecule has 0 fully saturated rings. The van der Waals surface area contributed by atoms with Gasteiger partial charge in [-0.1, -0.05) is 42.5 Å². The number of ketones is 1. The molecule has 0 radical (unpaired) electrons. The van der Waals surface area contributed by atoms with Crippen molar-refractivity contribution in [1.29, 1.82) is 0 Å². The molecular formula is C17H21NO3. The Morgan fingerprint density at radius 2 is 2.05 bits per heavy atom. The Morgan fingerprint density at radius 3 is 2.62 bits per heavy atom. The number of ether oxygens (including phenoxy) is 1. The molecule has 1 aromatic rings. The van der Waals surface area contributed by atoms with Gasteiger partial charge in [0.15, 0.2) is 11.6 Å². The first kappa shape index (κ1) is 15.6. The van der Waals surface area contributed by atoms with Gasteiger partial charge in [0.25, 0.3) is 0 Å². The minimum absolute atomic E-state index is 0.0396. The van der Waals surface area contributed by atoms with Crippen molar-refractivity contribution in [2.24, 2.45) is 0 Å². The summed E-state index contributed by atoms with van der Waals surface area (Å²) < 4.78 is 5.49. The summed E-state index contributed by atoms with van der Waals surface area (Å²) in [5.41, 5.74) is 1.23. The van der Waals surface area contributed by atoms with Crippen molar-refractivity contribution in [3.63, 3.8) is 0 Å². The standard InChI is InChI=1S/C17H21NO3/c1-18(2)12-13-21-17(20)10-8-15(9-11-17)16(19)14-6-4-3-5-7-14/h3-10,20H,11-13H2,1-2H3. The predicted molar refractivity (Wildman–Crippen MR) is 82.1 cm³/mol. The normalized spacial score (nSPS) is 21.4. The maximum Gasteiger partial charge on any atom is 0.192 e. The molecule has 21 heavy (non-hydrogen) atoms. The van der Waals surface area contributed by atoms with Gasteiger partial charge in [0, 0.05) is 24.1 Å². The number of carbonyl (C=O) groups excluding carboxylic acids is 1. The molecule has 1 aromatic carbocycles. The maximum atomic E-state index is 12.3. The second-order valence-electron chi connectivity index (χ2n) is 5.39. The number of nitrogens with zero attached hydrogens (tertiary/aromatic N) is 1. The topological polar surface area (TPSA) is 49.8 Å². The van der Waals surface area contributed by atoms with Gasteiger partial charge >= 0.3 is 0 Å². The molecule has 1 aliphatic carbocycles. The van der Waals surface area contributed by atoms with Crippen LogP contribution in [0.5, 0.6) is 0 Å². The number of Topliss-reactive ketones (excluding diaryl/α,β-unsaturated/α-hetero) is 1. The van der Waals surface area contributed by atoms with Gasteiger partial charge in [-0.05, 0) is 20.2 Å². The van der Waals surface area contributed by atoms with E-state index in [2.05, 4.69) is 0 Å². The highest BCUT2D eigenvalue weighted by molar-refractivity contribution is 6.10. The second kappa shape index (κ2) is 6.80. The molecule has 0 aromatic heterocycles. The number of carbonyl (C=O) groups is 1. The van der Waals surface area contributed by atoms with Gasteiger partial charge < -0.3 is 14.7 Å². The number of benzene rings is 1. The lowest BCUT2D eigenvalue weighted by molar-refractivity contribution is -0.166. The molecule has 4 nitrogen and oxygen atoms in total. The van der Waals surface area contributed by atoms with E-state index in [1.807, 2.05) is 37.2 Å². The summed E-state index contributed by atoms with van der Waals surface area (Å²) in [6.07, 6.45) is 5.20. The van der Waals surface area contributed by atoms with Crippen LogP contribution in [-0.2, 0) is 4.74 Å². The fourth-order valence-electron chi connectivity index (χ4n) is 2.05. The Kier molecular flexibility index (Phi) is 5.07. The molecule has 4 heteroatoms. The lowest BCUT2D eigenvalue weighted by Crippen LogP contribution is -2.34. The predicted octanol–water partition coefficient (Wildman–Crippen LogP) is 2.02. The SMILES string of the molecule is CN(C)CCOC1(O)C=CC(C(=O)c2ccccc2)=CC1. The van der Waals surface area contributed by atoms with Crippen LogP contribution in [0.25, 0.3) is 0 Å². The molecule has 0 aliphatic heterocycles. The van der Waals surface area contributed by atoms with Crippen LogP contribution in [0.3, 0.4) is 0 Å². The molecule has 0 heterocycles. The largest absolute Gasteiger partial charge is 0.362 e. The number of allylic oxidation sites excluding steroid dienone is 2. The summed E-state index contributed by atoms with van der Waals surface area (Å²) in [7, 11) is 3.89. The molecule has 0 bridgehead atoms. The Balaban J connectivity index is 1.96. The monoisotopic (exact) mass is 287 g/mol. The molecular weight excluding hydrogens is 266 g/mol. The van der Waals surface area contributed by atoms with Crippen LogP contribution >= 0.6 is 0 Å². The van der Waals surface area contributed by atoms with Crippen molar-refractivity contribution in [3.8, 4) is 0 Å². The third kappa shape index (κ3) is 4.36. The summed E-state index contributed by atoms with van der Waals surface area (Å²) in [4.78, 5) is 14.2. The smallest absolute Gasteiger partial charge is 0.192 e. The van der Waals surface area contributed by atoms with E-state index in [0.717, 1.165) is 6.54 Å². The van der Waals surface area contributed by atoms with Crippen LogP contribution in [0.4, 0.5) is 0 Å². The van der Waals surface area contributed by atoms with Crippen LogP contribution in [0.15, 0.2) is 54.1 Å². The van der Waals surface area contributed by atoms with Crippen LogP contribution in [0.2, 0.25) is 0 Å². The Labute approximate surface area is 125 Å². The first-order chi connectivity index (χ1) is 10.0. The zero-order valence-corrected chi connectivity index (χ0v) is 12.5. The van der Waals surface area contributed by atoms with Crippen molar-refractivity contribution in [3.05, 3.63) is 59.7 Å². The maximum absolute atomic E-state index is 12.3. The van der Waals surface area contributed by atoms with E-state index in [-0.39, 0.29) is 12.2 Å². The average Bonchev–Trinajstić information content (AvgIpc) is 2.48. The van der Waals surface area contributed by atoms with E-state index >= 15 is 0 Å². The molecule has 0 amide bonds. The molecule has 0 saturated carbocycles. The van der Waals surface area contributed by atoms with Crippen LogP contribution < -0.4 is 0 Å². The van der Waals surface area contributed by atoms with Crippen LogP contribution in [-0.4, -0.2) is 48.8 Å². The molecule has 1 N–H and O–H groups in total. The number of aliphatic hydroxyl groups is 1. The van der Waals surface area contributed by atoms with E-state index in [1.54, 1.807) is 30.4 Å². The summed E-state index contributed by atoms with van der Waals surface area (Å²) in [5.74, 6) is -1.35. The van der Waals surface area contributed by atoms with Gasteiger partial charge in [-0.2, -0.15) is 0 Å². The Hall–Kier alpha value is -1.75. The van der Waals surface area contributed by atoms with Gasteiger partial charge in [0.2, 0.25) is 0 Å². The molecule has 0 spiro atoms. The summed E-state index contributed by atoms with van der Waals surface area (Å²) in [6, 6.07) is 9.11. The lowest BCUT2D eigenvalue weighted by atomic mass is 9.95. The summed E-state index contributed by atoms with van der Waals surface area (Å²) in [5, 5.41) is 10.3.